The van der Waals surface area contributed by atoms with E-state index in [0.717, 1.165) is 15.9 Å². The quantitative estimate of drug-likeness (QED) is 0.674. The van der Waals surface area contributed by atoms with Crippen molar-refractivity contribution in [2.45, 2.75) is 13.0 Å². The molecule has 0 fully saturated rings. The van der Waals surface area contributed by atoms with Gasteiger partial charge in [0.05, 0.1) is 21.6 Å². The van der Waals surface area contributed by atoms with Crippen molar-refractivity contribution in [3.63, 3.8) is 0 Å². The van der Waals surface area contributed by atoms with Crippen molar-refractivity contribution >= 4 is 44.0 Å². The first kappa shape index (κ1) is 14.6. The van der Waals surface area contributed by atoms with Gasteiger partial charge in [-0.05, 0) is 31.2 Å². The van der Waals surface area contributed by atoms with E-state index >= 15 is 0 Å². The van der Waals surface area contributed by atoms with Crippen LogP contribution >= 0.6 is 11.3 Å². The van der Waals surface area contributed by atoms with Crippen LogP contribution in [0.5, 0.6) is 0 Å². The summed E-state index contributed by atoms with van der Waals surface area (Å²) in [6.45, 7) is 1.78. The number of anilines is 1. The van der Waals surface area contributed by atoms with E-state index in [-0.39, 0.29) is 5.91 Å². The molecule has 3 aromatic rings. The number of fused-ring (bicyclic) bond motifs is 1. The zero-order valence-electron chi connectivity index (χ0n) is 12.8. The number of para-hydroxylation sites is 2. The molecule has 7 heteroatoms. The zero-order valence-corrected chi connectivity index (χ0v) is 13.6. The van der Waals surface area contributed by atoms with E-state index in [1.54, 1.807) is 6.92 Å². The molecule has 1 aliphatic rings. The molecule has 1 unspecified atom stereocenters. The Bertz CT molecular complexity index is 930. The highest BCUT2D eigenvalue weighted by Gasteiger charge is 2.34. The lowest BCUT2D eigenvalue weighted by atomic mass is 10.2. The van der Waals surface area contributed by atoms with Gasteiger partial charge < -0.3 is 0 Å². The molecule has 1 amide bonds. The lowest BCUT2D eigenvalue weighted by molar-refractivity contribution is -0.117. The van der Waals surface area contributed by atoms with Crippen LogP contribution in [-0.2, 0) is 4.79 Å². The fourth-order valence-corrected chi connectivity index (χ4v) is 3.25. The number of rotatable bonds is 3. The molecule has 6 nitrogen and oxygen atoms in total. The molecule has 24 heavy (non-hydrogen) atoms. The summed E-state index contributed by atoms with van der Waals surface area (Å²) >= 11 is 1.44. The molecule has 2 heterocycles. The van der Waals surface area contributed by atoms with Crippen LogP contribution in [-0.4, -0.2) is 22.6 Å². The van der Waals surface area contributed by atoms with Crippen molar-refractivity contribution in [2.75, 3.05) is 5.01 Å². The second kappa shape index (κ2) is 5.93. The lowest BCUT2D eigenvalue weighted by Gasteiger charge is -2.11. The van der Waals surface area contributed by atoms with Gasteiger partial charge in [0.2, 0.25) is 5.13 Å². The smallest absolute Gasteiger partial charge is 0.269 e. The average molecular weight is 335 g/mol. The average Bonchev–Trinajstić information content (AvgIpc) is 3.14. The van der Waals surface area contributed by atoms with E-state index in [1.807, 2.05) is 54.6 Å². The van der Waals surface area contributed by atoms with Crippen molar-refractivity contribution in [3.05, 3.63) is 54.6 Å². The van der Waals surface area contributed by atoms with Gasteiger partial charge in [-0.15, -0.1) is 5.11 Å². The number of hydrogen-bond donors (Lipinski definition) is 0. The second-order valence-corrected chi connectivity index (χ2v) is 6.32. The van der Waals surface area contributed by atoms with Crippen LogP contribution in [0, 0.1) is 0 Å². The lowest BCUT2D eigenvalue weighted by Crippen LogP contribution is -2.29. The predicted octanol–water partition coefficient (Wildman–Crippen LogP) is 4.17. The Morgan fingerprint density at radius 2 is 1.83 bits per heavy atom. The molecule has 2 aromatic carbocycles. The summed E-state index contributed by atoms with van der Waals surface area (Å²) in [6, 6.07) is 16.4. The fourth-order valence-electron chi connectivity index (χ4n) is 2.45. The number of carbonyl (C=O) groups is 1. The minimum atomic E-state index is -0.697. The first-order valence-corrected chi connectivity index (χ1v) is 8.24. The van der Waals surface area contributed by atoms with Crippen LogP contribution in [0.15, 0.2) is 69.9 Å². The molecule has 0 aliphatic carbocycles. The van der Waals surface area contributed by atoms with Crippen LogP contribution < -0.4 is 5.01 Å². The fraction of sp³-hybridized carbons (Fsp3) is 0.118. The number of aromatic nitrogens is 1. The van der Waals surface area contributed by atoms with E-state index in [9.17, 15) is 4.79 Å². The first-order chi connectivity index (χ1) is 11.7. The van der Waals surface area contributed by atoms with E-state index in [2.05, 4.69) is 20.3 Å². The van der Waals surface area contributed by atoms with Gasteiger partial charge in [0.15, 0.2) is 6.04 Å². The summed E-state index contributed by atoms with van der Waals surface area (Å²) in [4.78, 5) is 16.9. The monoisotopic (exact) mass is 335 g/mol. The molecule has 0 saturated carbocycles. The number of hydrazone groups is 1. The SMILES string of the molecule is CC1=NN(c2ccccc2)C(=O)C1N=Nc1nc2ccccc2s1. The minimum absolute atomic E-state index is 0.205. The molecule has 0 spiro atoms. The Morgan fingerprint density at radius 3 is 2.62 bits per heavy atom. The Hall–Kier alpha value is -2.93. The van der Waals surface area contributed by atoms with Crippen molar-refractivity contribution in [1.82, 2.24) is 4.98 Å². The summed E-state index contributed by atoms with van der Waals surface area (Å²) in [5.41, 5.74) is 2.22. The van der Waals surface area contributed by atoms with Crippen LogP contribution in [0.4, 0.5) is 10.8 Å². The largest absolute Gasteiger partial charge is 0.280 e. The summed E-state index contributed by atoms with van der Waals surface area (Å²) in [7, 11) is 0. The van der Waals surface area contributed by atoms with Gasteiger partial charge in [-0.2, -0.15) is 15.2 Å². The minimum Gasteiger partial charge on any atom is -0.269 e. The number of carbonyl (C=O) groups excluding carboxylic acids is 1. The van der Waals surface area contributed by atoms with Crippen LogP contribution in [0.1, 0.15) is 6.92 Å². The van der Waals surface area contributed by atoms with E-state index in [0.29, 0.717) is 10.8 Å². The molecular formula is C17H13N5OS. The Labute approximate surface area is 142 Å². The van der Waals surface area contributed by atoms with Crippen molar-refractivity contribution in [1.29, 1.82) is 0 Å². The molecule has 1 aromatic heterocycles. The number of hydrogen-bond acceptors (Lipinski definition) is 6. The summed E-state index contributed by atoms with van der Waals surface area (Å²) in [5, 5.41) is 14.6. The van der Waals surface area contributed by atoms with Crippen molar-refractivity contribution in [3.8, 4) is 0 Å². The molecule has 0 bridgehead atoms. The van der Waals surface area contributed by atoms with Gasteiger partial charge in [0, 0.05) is 0 Å². The van der Waals surface area contributed by atoms with Gasteiger partial charge in [-0.3, -0.25) is 4.79 Å². The Morgan fingerprint density at radius 1 is 1.08 bits per heavy atom. The van der Waals surface area contributed by atoms with Gasteiger partial charge in [0.25, 0.3) is 5.91 Å². The van der Waals surface area contributed by atoms with Crippen molar-refractivity contribution in [2.24, 2.45) is 15.3 Å². The number of thiazole rings is 1. The van der Waals surface area contributed by atoms with Gasteiger partial charge in [-0.1, -0.05) is 41.7 Å². The molecular weight excluding hydrogens is 322 g/mol. The Kier molecular flexibility index (Phi) is 3.62. The maximum absolute atomic E-state index is 12.6. The maximum Gasteiger partial charge on any atom is 0.280 e. The zero-order chi connectivity index (χ0) is 16.5. The third-order valence-corrected chi connectivity index (χ3v) is 4.56. The first-order valence-electron chi connectivity index (χ1n) is 7.43. The van der Waals surface area contributed by atoms with Gasteiger partial charge >= 0.3 is 0 Å². The normalized spacial score (nSPS) is 17.9. The highest BCUT2D eigenvalue weighted by atomic mass is 32.1. The second-order valence-electron chi connectivity index (χ2n) is 5.31. The number of amides is 1. The van der Waals surface area contributed by atoms with Gasteiger partial charge in [0.1, 0.15) is 0 Å². The number of nitrogens with zero attached hydrogens (tertiary/aromatic N) is 5. The van der Waals surface area contributed by atoms with Gasteiger partial charge in [-0.25, -0.2) is 4.98 Å². The predicted molar refractivity (Wildman–Crippen MR) is 95.0 cm³/mol. The molecule has 4 rings (SSSR count). The summed E-state index contributed by atoms with van der Waals surface area (Å²) in [6.07, 6.45) is 0. The summed E-state index contributed by atoms with van der Waals surface area (Å²) in [5.74, 6) is -0.205. The van der Waals surface area contributed by atoms with E-state index in [4.69, 9.17) is 0 Å². The highest BCUT2D eigenvalue weighted by Crippen LogP contribution is 2.29. The topological polar surface area (TPSA) is 70.3 Å². The third-order valence-electron chi connectivity index (χ3n) is 3.64. The summed E-state index contributed by atoms with van der Waals surface area (Å²) < 4.78 is 1.04. The Balaban J connectivity index is 1.58. The molecule has 1 atom stereocenters. The van der Waals surface area contributed by atoms with E-state index < -0.39 is 6.04 Å². The third kappa shape index (κ3) is 2.59. The van der Waals surface area contributed by atoms with Crippen LogP contribution in [0.2, 0.25) is 0 Å². The maximum atomic E-state index is 12.6. The van der Waals surface area contributed by atoms with Crippen LogP contribution in [0.25, 0.3) is 10.2 Å². The van der Waals surface area contributed by atoms with Crippen LogP contribution in [0.3, 0.4) is 0 Å². The molecule has 0 saturated heterocycles. The molecule has 1 aliphatic heterocycles. The standard InChI is InChI=1S/C17H13N5OS/c1-11-15(16(23)22(21-11)12-7-3-2-4-8-12)19-20-17-18-13-9-5-6-10-14(13)24-17/h2-10,15H,1H3. The highest BCUT2D eigenvalue weighted by molar-refractivity contribution is 7.21. The number of benzene rings is 2. The molecule has 0 N–H and O–H groups in total. The van der Waals surface area contributed by atoms with Crippen molar-refractivity contribution < 1.29 is 4.79 Å². The molecule has 0 radical (unpaired) electrons. The van der Waals surface area contributed by atoms with E-state index in [1.165, 1.54) is 16.3 Å². The number of azo groups is 1. The molecule has 118 valence electrons.